The van der Waals surface area contributed by atoms with Crippen molar-refractivity contribution in [2.24, 2.45) is 10.9 Å². The maximum absolute atomic E-state index is 12.4. The summed E-state index contributed by atoms with van der Waals surface area (Å²) in [5.41, 5.74) is 7.83. The van der Waals surface area contributed by atoms with Crippen molar-refractivity contribution in [3.8, 4) is 5.75 Å². The van der Waals surface area contributed by atoms with Crippen LogP contribution in [-0.2, 0) is 6.42 Å². The van der Waals surface area contributed by atoms with Gasteiger partial charge in [-0.15, -0.1) is 0 Å². The number of nitrogens with zero attached hydrogens (tertiary/aromatic N) is 1. The molecule has 0 fully saturated rings. The van der Waals surface area contributed by atoms with E-state index in [0.29, 0.717) is 12.1 Å². The first-order valence-electron chi connectivity index (χ1n) is 12.4. The van der Waals surface area contributed by atoms with Crippen molar-refractivity contribution in [3.05, 3.63) is 87.2 Å². The van der Waals surface area contributed by atoms with Gasteiger partial charge in [0.1, 0.15) is 11.5 Å². The highest BCUT2D eigenvalue weighted by atomic mass is 16.5. The van der Waals surface area contributed by atoms with Crippen LogP contribution in [0.1, 0.15) is 91.1 Å². The zero-order valence-electron chi connectivity index (χ0n) is 21.1. The summed E-state index contributed by atoms with van der Waals surface area (Å²) in [4.78, 5) is 17.1. The number of rotatable bonds is 6. The Bertz CT molecular complexity index is 1220. The van der Waals surface area contributed by atoms with E-state index in [1.807, 2.05) is 25.1 Å². The lowest BCUT2D eigenvalue weighted by molar-refractivity contribution is 0.0694. The fourth-order valence-corrected chi connectivity index (χ4v) is 5.17. The molecule has 0 saturated carbocycles. The molecule has 2 unspecified atom stereocenters. The smallest absolute Gasteiger partial charge is 0.335 e. The second-order valence-electron chi connectivity index (χ2n) is 9.73. The normalized spacial score (nSPS) is 20.4. The number of aryl methyl sites for hydroxylation is 2. The molecule has 4 heteroatoms. The summed E-state index contributed by atoms with van der Waals surface area (Å²) >= 11 is 0. The van der Waals surface area contributed by atoms with Gasteiger partial charge in [-0.05, 0) is 73.1 Å². The van der Waals surface area contributed by atoms with Crippen molar-refractivity contribution in [2.75, 3.05) is 6.54 Å². The van der Waals surface area contributed by atoms with Gasteiger partial charge in [0.25, 0.3) is 0 Å². The number of hydrogen-bond acceptors (Lipinski definition) is 3. The number of fused-ring (bicyclic) bond motifs is 2. The molecule has 1 aliphatic heterocycles. The van der Waals surface area contributed by atoms with Crippen molar-refractivity contribution in [1.82, 2.24) is 0 Å². The van der Waals surface area contributed by atoms with Gasteiger partial charge in [-0.3, -0.25) is 4.99 Å². The van der Waals surface area contributed by atoms with E-state index in [-0.39, 0.29) is 17.8 Å². The number of aliphatic imine (C=N–C) groups is 1. The zero-order chi connectivity index (χ0) is 24.6. The molecule has 2 aliphatic rings. The van der Waals surface area contributed by atoms with E-state index in [2.05, 4.69) is 63.9 Å². The SMILES string of the molecule is CCCc1cc2c(cc1C)C(c1ccc(C(C)C)cc1C(=O)O)C1C=C(C)C(=NCC)C=C1O2. The highest BCUT2D eigenvalue weighted by Crippen LogP contribution is 2.49. The molecule has 2 aromatic carbocycles. The van der Waals surface area contributed by atoms with Crippen LogP contribution < -0.4 is 4.74 Å². The van der Waals surface area contributed by atoms with Gasteiger partial charge in [-0.1, -0.05) is 51.5 Å². The van der Waals surface area contributed by atoms with Crippen LogP contribution in [-0.4, -0.2) is 23.3 Å². The lowest BCUT2D eigenvalue weighted by atomic mass is 9.72. The zero-order valence-corrected chi connectivity index (χ0v) is 21.1. The van der Waals surface area contributed by atoms with Crippen LogP contribution in [0.2, 0.25) is 0 Å². The molecular weight excluding hydrogens is 422 g/mol. The van der Waals surface area contributed by atoms with E-state index in [1.165, 1.54) is 11.1 Å². The highest BCUT2D eigenvalue weighted by Gasteiger charge is 2.39. The minimum atomic E-state index is -0.889. The molecule has 2 atom stereocenters. The number of carboxylic acids is 1. The first kappa shape index (κ1) is 24.0. The van der Waals surface area contributed by atoms with E-state index in [4.69, 9.17) is 4.74 Å². The van der Waals surface area contributed by atoms with Crippen LogP contribution in [0, 0.1) is 12.8 Å². The number of carbonyl (C=O) groups is 1. The fraction of sp³-hybridized carbons (Fsp3) is 0.400. The van der Waals surface area contributed by atoms with Gasteiger partial charge >= 0.3 is 5.97 Å². The Morgan fingerprint density at radius 1 is 1.12 bits per heavy atom. The quantitative estimate of drug-likeness (QED) is 0.498. The largest absolute Gasteiger partial charge is 0.478 e. The molecule has 1 heterocycles. The Morgan fingerprint density at radius 2 is 1.88 bits per heavy atom. The molecule has 0 aromatic heterocycles. The summed E-state index contributed by atoms with van der Waals surface area (Å²) in [6.07, 6.45) is 6.29. The molecule has 1 aliphatic carbocycles. The molecule has 0 amide bonds. The van der Waals surface area contributed by atoms with E-state index < -0.39 is 5.97 Å². The topological polar surface area (TPSA) is 58.9 Å². The molecule has 2 aromatic rings. The van der Waals surface area contributed by atoms with Gasteiger partial charge in [0, 0.05) is 30.0 Å². The molecule has 0 bridgehead atoms. The van der Waals surface area contributed by atoms with Crippen LogP contribution in [0.4, 0.5) is 0 Å². The summed E-state index contributed by atoms with van der Waals surface area (Å²) in [7, 11) is 0. The van der Waals surface area contributed by atoms with Gasteiger partial charge in [0.05, 0.1) is 11.3 Å². The molecule has 4 rings (SSSR count). The summed E-state index contributed by atoms with van der Waals surface area (Å²) in [6.45, 7) is 13.3. The van der Waals surface area contributed by atoms with Crippen molar-refractivity contribution in [1.29, 1.82) is 0 Å². The van der Waals surface area contributed by atoms with Crippen LogP contribution in [0.3, 0.4) is 0 Å². The Kier molecular flexibility index (Phi) is 6.79. The average molecular weight is 458 g/mol. The third-order valence-corrected chi connectivity index (χ3v) is 6.99. The first-order chi connectivity index (χ1) is 16.2. The highest BCUT2D eigenvalue weighted by molar-refractivity contribution is 6.09. The molecule has 0 saturated heterocycles. The van der Waals surface area contributed by atoms with Crippen LogP contribution in [0.25, 0.3) is 0 Å². The number of allylic oxidation sites excluding steroid dienone is 3. The summed E-state index contributed by atoms with van der Waals surface area (Å²) in [5.74, 6) is 0.811. The van der Waals surface area contributed by atoms with Gasteiger partial charge in [0.2, 0.25) is 0 Å². The van der Waals surface area contributed by atoms with E-state index >= 15 is 0 Å². The van der Waals surface area contributed by atoms with E-state index in [0.717, 1.165) is 52.3 Å². The molecule has 34 heavy (non-hydrogen) atoms. The number of aromatic carboxylic acids is 1. The second kappa shape index (κ2) is 9.61. The minimum Gasteiger partial charge on any atom is -0.478 e. The Balaban J connectivity index is 1.97. The predicted molar refractivity (Wildman–Crippen MR) is 138 cm³/mol. The third kappa shape index (κ3) is 4.34. The van der Waals surface area contributed by atoms with Gasteiger partial charge < -0.3 is 9.84 Å². The lowest BCUT2D eigenvalue weighted by Gasteiger charge is -2.37. The molecule has 4 nitrogen and oxygen atoms in total. The van der Waals surface area contributed by atoms with Gasteiger partial charge in [-0.2, -0.15) is 0 Å². The minimum absolute atomic E-state index is 0.0808. The third-order valence-electron chi connectivity index (χ3n) is 6.99. The molecular formula is C30H35NO3. The number of carboxylic acid groups (broad SMARTS) is 1. The van der Waals surface area contributed by atoms with Crippen molar-refractivity contribution in [3.63, 3.8) is 0 Å². The Labute approximate surface area is 203 Å². The number of ether oxygens (including phenoxy) is 1. The monoisotopic (exact) mass is 457 g/mol. The molecule has 0 spiro atoms. The van der Waals surface area contributed by atoms with Gasteiger partial charge in [0.15, 0.2) is 0 Å². The van der Waals surface area contributed by atoms with Crippen molar-refractivity contribution >= 4 is 11.7 Å². The fourth-order valence-electron chi connectivity index (χ4n) is 5.17. The summed E-state index contributed by atoms with van der Waals surface area (Å²) in [5, 5.41) is 10.2. The second-order valence-corrected chi connectivity index (χ2v) is 9.73. The van der Waals surface area contributed by atoms with Crippen molar-refractivity contribution < 1.29 is 14.6 Å². The molecule has 0 radical (unpaired) electrons. The standard InChI is InChI=1S/C30H35NO3/c1-7-9-21-15-27-24(12-18(21)5)29(22-11-10-20(17(3)4)14-23(22)30(32)33)25-13-19(6)26(31-8-2)16-28(25)34-27/h10-17,25,29H,7-9H2,1-6H3,(H,32,33). The van der Waals surface area contributed by atoms with Gasteiger partial charge in [-0.25, -0.2) is 4.79 Å². The molecule has 178 valence electrons. The predicted octanol–water partition coefficient (Wildman–Crippen LogP) is 7.21. The number of hydrogen-bond donors (Lipinski definition) is 1. The maximum Gasteiger partial charge on any atom is 0.335 e. The van der Waals surface area contributed by atoms with Crippen molar-refractivity contribution in [2.45, 2.75) is 66.2 Å². The lowest BCUT2D eigenvalue weighted by Crippen LogP contribution is -2.29. The van der Waals surface area contributed by atoms with Crippen LogP contribution >= 0.6 is 0 Å². The summed E-state index contributed by atoms with van der Waals surface area (Å²) in [6, 6.07) is 10.3. The average Bonchev–Trinajstić information content (AvgIpc) is 2.79. The Morgan fingerprint density at radius 3 is 2.53 bits per heavy atom. The maximum atomic E-state index is 12.4. The van der Waals surface area contributed by atoms with Crippen LogP contribution in [0.5, 0.6) is 5.75 Å². The van der Waals surface area contributed by atoms with E-state index in [9.17, 15) is 9.90 Å². The van der Waals surface area contributed by atoms with Crippen LogP contribution in [0.15, 0.2) is 58.8 Å². The molecule has 1 N–H and O–H groups in total. The number of benzene rings is 2. The summed E-state index contributed by atoms with van der Waals surface area (Å²) < 4.78 is 6.51. The Hall–Kier alpha value is -3.14. The first-order valence-corrected chi connectivity index (χ1v) is 12.4. The van der Waals surface area contributed by atoms with E-state index in [1.54, 1.807) is 0 Å².